The molecule has 0 saturated heterocycles. The Labute approximate surface area is 108 Å². The van der Waals surface area contributed by atoms with Gasteiger partial charge in [-0.25, -0.2) is 10.4 Å². The third kappa shape index (κ3) is 1.95. The van der Waals surface area contributed by atoms with E-state index in [1.54, 1.807) is 23.9 Å². The van der Waals surface area contributed by atoms with E-state index in [1.807, 2.05) is 17.7 Å². The lowest BCUT2D eigenvalue weighted by molar-refractivity contribution is -0.121. The highest BCUT2D eigenvalue weighted by atomic mass is 32.1. The molecule has 1 aliphatic heterocycles. The van der Waals surface area contributed by atoms with Gasteiger partial charge < -0.3 is 4.57 Å². The van der Waals surface area contributed by atoms with Crippen molar-refractivity contribution in [2.45, 2.75) is 13.3 Å². The van der Waals surface area contributed by atoms with Crippen molar-refractivity contribution in [1.29, 1.82) is 0 Å². The molecule has 2 aromatic heterocycles. The largest absolute Gasteiger partial charge is 0.305 e. The standard InChI is InChI=1S/C12H12N4OS/c1-8-4-11(17)14-15-12(8)10-5-9(6-18-10)16-3-2-13-7-16/h2-3,5-8H,4H2,1H3,(H,14,17)/t8-/m1/s1. The van der Waals surface area contributed by atoms with Crippen molar-refractivity contribution in [1.82, 2.24) is 15.0 Å². The second-order valence-electron chi connectivity index (χ2n) is 4.28. The fraction of sp³-hybridized carbons (Fsp3) is 0.250. The number of nitrogens with zero attached hydrogens (tertiary/aromatic N) is 3. The number of carbonyl (C=O) groups is 1. The van der Waals surface area contributed by atoms with Gasteiger partial charge >= 0.3 is 0 Å². The van der Waals surface area contributed by atoms with Crippen LogP contribution in [-0.4, -0.2) is 21.2 Å². The maximum absolute atomic E-state index is 11.2. The summed E-state index contributed by atoms with van der Waals surface area (Å²) in [5.74, 6) is 0.144. The maximum Gasteiger partial charge on any atom is 0.240 e. The van der Waals surface area contributed by atoms with Crippen LogP contribution in [0, 0.1) is 5.92 Å². The molecule has 92 valence electrons. The molecule has 1 amide bonds. The molecule has 5 nitrogen and oxygen atoms in total. The highest BCUT2D eigenvalue weighted by Crippen LogP contribution is 2.24. The van der Waals surface area contributed by atoms with Crippen LogP contribution in [0.15, 0.2) is 35.3 Å². The molecule has 3 rings (SSSR count). The molecule has 1 atom stereocenters. The van der Waals surface area contributed by atoms with Crippen LogP contribution in [0.3, 0.4) is 0 Å². The molecule has 0 aliphatic carbocycles. The number of hydrazone groups is 1. The van der Waals surface area contributed by atoms with Crippen LogP contribution in [-0.2, 0) is 4.79 Å². The van der Waals surface area contributed by atoms with Gasteiger partial charge in [-0.2, -0.15) is 5.10 Å². The Kier molecular flexibility index (Phi) is 2.71. The smallest absolute Gasteiger partial charge is 0.240 e. The van der Waals surface area contributed by atoms with Gasteiger partial charge in [0.25, 0.3) is 0 Å². The average Bonchev–Trinajstić information content (AvgIpc) is 2.99. The average molecular weight is 260 g/mol. The van der Waals surface area contributed by atoms with E-state index in [0.29, 0.717) is 6.42 Å². The first kappa shape index (κ1) is 11.2. The lowest BCUT2D eigenvalue weighted by Gasteiger charge is -2.17. The number of rotatable bonds is 2. The van der Waals surface area contributed by atoms with Gasteiger partial charge in [-0.3, -0.25) is 4.79 Å². The summed E-state index contributed by atoms with van der Waals surface area (Å²) in [4.78, 5) is 16.3. The van der Waals surface area contributed by atoms with Crippen molar-refractivity contribution in [3.8, 4) is 5.69 Å². The van der Waals surface area contributed by atoms with Crippen LogP contribution in [0.25, 0.3) is 5.69 Å². The van der Waals surface area contributed by atoms with E-state index < -0.39 is 0 Å². The molecule has 2 aromatic rings. The van der Waals surface area contributed by atoms with Crippen LogP contribution < -0.4 is 5.43 Å². The van der Waals surface area contributed by atoms with Gasteiger partial charge in [-0.05, 0) is 6.07 Å². The molecule has 18 heavy (non-hydrogen) atoms. The molecule has 0 radical (unpaired) electrons. The Morgan fingerprint density at radius 1 is 1.56 bits per heavy atom. The highest BCUT2D eigenvalue weighted by Gasteiger charge is 2.22. The van der Waals surface area contributed by atoms with Crippen molar-refractivity contribution in [2.75, 3.05) is 0 Å². The lowest BCUT2D eigenvalue weighted by atomic mass is 9.99. The van der Waals surface area contributed by atoms with E-state index in [2.05, 4.69) is 27.0 Å². The zero-order chi connectivity index (χ0) is 12.5. The molecule has 0 aromatic carbocycles. The van der Waals surface area contributed by atoms with E-state index in [1.165, 1.54) is 0 Å². The molecule has 0 spiro atoms. The number of amides is 1. The van der Waals surface area contributed by atoms with Crippen LogP contribution >= 0.6 is 11.3 Å². The Bertz CT molecular complexity index is 599. The summed E-state index contributed by atoms with van der Waals surface area (Å²) in [5.41, 5.74) is 4.56. The Morgan fingerprint density at radius 3 is 3.17 bits per heavy atom. The van der Waals surface area contributed by atoms with Crippen LogP contribution in [0.1, 0.15) is 18.2 Å². The van der Waals surface area contributed by atoms with Gasteiger partial charge in [0.2, 0.25) is 5.91 Å². The lowest BCUT2D eigenvalue weighted by Crippen LogP contribution is -2.31. The fourth-order valence-electron chi connectivity index (χ4n) is 1.96. The predicted octanol–water partition coefficient (Wildman–Crippen LogP) is 1.79. The number of hydrogen-bond acceptors (Lipinski definition) is 4. The van der Waals surface area contributed by atoms with Crippen molar-refractivity contribution < 1.29 is 4.79 Å². The minimum absolute atomic E-state index is 0.0161. The molecule has 0 bridgehead atoms. The van der Waals surface area contributed by atoms with E-state index in [0.717, 1.165) is 16.3 Å². The van der Waals surface area contributed by atoms with Crippen LogP contribution in [0.5, 0.6) is 0 Å². The number of carbonyl (C=O) groups excluding carboxylic acids is 1. The van der Waals surface area contributed by atoms with Crippen molar-refractivity contribution in [3.63, 3.8) is 0 Å². The SMILES string of the molecule is C[C@@H]1CC(=O)NN=C1c1cc(-n2ccnc2)cs1. The number of nitrogens with one attached hydrogen (secondary N) is 1. The van der Waals surface area contributed by atoms with Gasteiger partial charge in [-0.15, -0.1) is 11.3 Å². The summed E-state index contributed by atoms with van der Waals surface area (Å²) in [6, 6.07) is 2.07. The highest BCUT2D eigenvalue weighted by molar-refractivity contribution is 7.12. The molecule has 3 heterocycles. The summed E-state index contributed by atoms with van der Waals surface area (Å²) in [5, 5.41) is 6.22. The summed E-state index contributed by atoms with van der Waals surface area (Å²) in [6.45, 7) is 2.02. The zero-order valence-corrected chi connectivity index (χ0v) is 10.6. The summed E-state index contributed by atoms with van der Waals surface area (Å²) < 4.78 is 1.95. The topological polar surface area (TPSA) is 59.3 Å². The minimum atomic E-state index is -0.0161. The molecule has 0 unspecified atom stereocenters. The summed E-state index contributed by atoms with van der Waals surface area (Å²) in [6.07, 6.45) is 5.91. The van der Waals surface area contributed by atoms with E-state index in [9.17, 15) is 4.79 Å². The fourth-order valence-corrected chi connectivity index (χ4v) is 2.95. The molecule has 1 aliphatic rings. The second kappa shape index (κ2) is 4.38. The molecular formula is C12H12N4OS. The summed E-state index contributed by atoms with van der Waals surface area (Å²) in [7, 11) is 0. The number of hydrogen-bond donors (Lipinski definition) is 1. The predicted molar refractivity (Wildman–Crippen MR) is 69.9 cm³/mol. The van der Waals surface area contributed by atoms with E-state index in [-0.39, 0.29) is 11.8 Å². The monoisotopic (exact) mass is 260 g/mol. The molecule has 0 fully saturated rings. The van der Waals surface area contributed by atoms with Crippen molar-refractivity contribution >= 4 is 23.0 Å². The Morgan fingerprint density at radius 2 is 2.44 bits per heavy atom. The van der Waals surface area contributed by atoms with Crippen LogP contribution in [0.4, 0.5) is 0 Å². The quantitative estimate of drug-likeness (QED) is 0.895. The van der Waals surface area contributed by atoms with Gasteiger partial charge in [0.05, 0.1) is 22.6 Å². The summed E-state index contributed by atoms with van der Waals surface area (Å²) >= 11 is 1.63. The Balaban J connectivity index is 1.92. The van der Waals surface area contributed by atoms with E-state index in [4.69, 9.17) is 0 Å². The first-order valence-corrected chi connectivity index (χ1v) is 6.55. The zero-order valence-electron chi connectivity index (χ0n) is 9.83. The number of aromatic nitrogens is 2. The van der Waals surface area contributed by atoms with Crippen molar-refractivity contribution in [2.24, 2.45) is 11.0 Å². The molecule has 6 heteroatoms. The number of thiophene rings is 1. The Hall–Kier alpha value is -1.95. The molecule has 1 N–H and O–H groups in total. The first-order valence-electron chi connectivity index (χ1n) is 5.67. The van der Waals surface area contributed by atoms with Gasteiger partial charge in [-0.1, -0.05) is 6.92 Å². The van der Waals surface area contributed by atoms with Gasteiger partial charge in [0, 0.05) is 30.1 Å². The van der Waals surface area contributed by atoms with Crippen molar-refractivity contribution in [3.05, 3.63) is 35.0 Å². The third-order valence-electron chi connectivity index (χ3n) is 2.90. The molecule has 0 saturated carbocycles. The molecular weight excluding hydrogens is 248 g/mol. The van der Waals surface area contributed by atoms with Crippen LogP contribution in [0.2, 0.25) is 0 Å². The van der Waals surface area contributed by atoms with Gasteiger partial charge in [0.15, 0.2) is 0 Å². The minimum Gasteiger partial charge on any atom is -0.305 e. The first-order chi connectivity index (χ1) is 8.74. The third-order valence-corrected chi connectivity index (χ3v) is 3.84. The van der Waals surface area contributed by atoms with E-state index >= 15 is 0 Å². The maximum atomic E-state index is 11.2. The van der Waals surface area contributed by atoms with Gasteiger partial charge in [0.1, 0.15) is 0 Å². The second-order valence-corrected chi connectivity index (χ2v) is 5.19. The normalized spacial score (nSPS) is 19.5. The number of imidazole rings is 1.